The summed E-state index contributed by atoms with van der Waals surface area (Å²) >= 11 is 1.44. The summed E-state index contributed by atoms with van der Waals surface area (Å²) in [6, 6.07) is 13.7. The number of hydrogen-bond donors (Lipinski definition) is 1. The highest BCUT2D eigenvalue weighted by molar-refractivity contribution is 7.13. The van der Waals surface area contributed by atoms with Gasteiger partial charge in [0.15, 0.2) is 0 Å². The van der Waals surface area contributed by atoms with Crippen LogP contribution in [0.15, 0.2) is 47.8 Å². The molecule has 0 saturated carbocycles. The van der Waals surface area contributed by atoms with Gasteiger partial charge in [0.25, 0.3) is 0 Å². The van der Waals surface area contributed by atoms with E-state index in [1.165, 1.54) is 16.9 Å². The van der Waals surface area contributed by atoms with Crippen LogP contribution in [0.4, 0.5) is 0 Å². The third-order valence-electron chi connectivity index (χ3n) is 3.94. The Morgan fingerprint density at radius 3 is 2.56 bits per heavy atom. The molecule has 140 valence electrons. The van der Waals surface area contributed by atoms with Gasteiger partial charge in [-0.15, -0.1) is 11.3 Å². The average Bonchev–Trinajstić information content (AvgIpc) is 3.09. The molecule has 0 radical (unpaired) electrons. The number of aromatic nitrogens is 1. The van der Waals surface area contributed by atoms with Crippen LogP contribution < -0.4 is 9.47 Å². The Morgan fingerprint density at radius 2 is 1.81 bits per heavy atom. The average molecular weight is 383 g/mol. The maximum absolute atomic E-state index is 10.7. The Hall–Kier alpha value is -2.86. The van der Waals surface area contributed by atoms with Crippen LogP contribution in [0.2, 0.25) is 0 Å². The third-order valence-corrected chi connectivity index (χ3v) is 4.88. The molecule has 3 aromatic rings. The minimum absolute atomic E-state index is 0.0574. The quantitative estimate of drug-likeness (QED) is 0.580. The molecule has 0 saturated heterocycles. The van der Waals surface area contributed by atoms with Crippen molar-refractivity contribution in [3.05, 3.63) is 64.7 Å². The SMILES string of the molecule is Cc1ccc(C)c(OCCOc2ccc(-c3nc(CC(=O)O)cs3)cc2)c1. The van der Waals surface area contributed by atoms with E-state index in [9.17, 15) is 4.79 Å². The van der Waals surface area contributed by atoms with Crippen molar-refractivity contribution in [2.75, 3.05) is 13.2 Å². The fourth-order valence-corrected chi connectivity index (χ4v) is 3.37. The lowest BCUT2D eigenvalue weighted by Crippen LogP contribution is -2.09. The highest BCUT2D eigenvalue weighted by Gasteiger charge is 2.08. The van der Waals surface area contributed by atoms with Gasteiger partial charge < -0.3 is 14.6 Å². The van der Waals surface area contributed by atoms with Crippen LogP contribution in [0.25, 0.3) is 10.6 Å². The number of aliphatic carboxylic acids is 1. The van der Waals surface area contributed by atoms with Crippen molar-refractivity contribution in [2.24, 2.45) is 0 Å². The van der Waals surface area contributed by atoms with E-state index in [0.717, 1.165) is 27.6 Å². The summed E-state index contributed by atoms with van der Waals surface area (Å²) in [5, 5.41) is 11.4. The van der Waals surface area contributed by atoms with Crippen molar-refractivity contribution in [2.45, 2.75) is 20.3 Å². The zero-order valence-electron chi connectivity index (χ0n) is 15.3. The van der Waals surface area contributed by atoms with Crippen LogP contribution in [0, 0.1) is 13.8 Å². The summed E-state index contributed by atoms with van der Waals surface area (Å²) < 4.78 is 11.5. The second kappa shape index (κ2) is 8.68. The standard InChI is InChI=1S/C21H21NO4S/c1-14-3-4-15(2)19(11-14)26-10-9-25-18-7-5-16(6-8-18)21-22-17(13-27-21)12-20(23)24/h3-8,11,13H,9-10,12H2,1-2H3,(H,23,24). The second-order valence-electron chi connectivity index (χ2n) is 6.20. The molecule has 6 heteroatoms. The first-order chi connectivity index (χ1) is 13.0. The molecule has 0 unspecified atom stereocenters. The molecular weight excluding hydrogens is 362 g/mol. The molecule has 1 N–H and O–H groups in total. The molecule has 0 fully saturated rings. The predicted molar refractivity (Wildman–Crippen MR) is 106 cm³/mol. The topological polar surface area (TPSA) is 68.7 Å². The van der Waals surface area contributed by atoms with Crippen LogP contribution in [0.3, 0.4) is 0 Å². The summed E-state index contributed by atoms with van der Waals surface area (Å²) in [4.78, 5) is 15.1. The van der Waals surface area contributed by atoms with Gasteiger partial charge in [-0.05, 0) is 55.3 Å². The molecule has 0 aliphatic carbocycles. The van der Waals surface area contributed by atoms with Gasteiger partial charge in [-0.3, -0.25) is 4.79 Å². The first-order valence-electron chi connectivity index (χ1n) is 8.61. The Morgan fingerprint density at radius 1 is 1.07 bits per heavy atom. The lowest BCUT2D eigenvalue weighted by molar-refractivity contribution is -0.136. The second-order valence-corrected chi connectivity index (χ2v) is 7.06. The van der Waals surface area contributed by atoms with Crippen molar-refractivity contribution in [1.82, 2.24) is 4.98 Å². The fourth-order valence-electron chi connectivity index (χ4n) is 2.54. The molecule has 3 rings (SSSR count). The van der Waals surface area contributed by atoms with E-state index in [-0.39, 0.29) is 6.42 Å². The normalized spacial score (nSPS) is 10.6. The highest BCUT2D eigenvalue weighted by Crippen LogP contribution is 2.26. The van der Waals surface area contributed by atoms with Crippen molar-refractivity contribution < 1.29 is 19.4 Å². The minimum Gasteiger partial charge on any atom is -0.490 e. The molecule has 0 bridgehead atoms. The number of carbonyl (C=O) groups is 1. The van der Waals surface area contributed by atoms with E-state index in [1.807, 2.05) is 50.2 Å². The van der Waals surface area contributed by atoms with E-state index >= 15 is 0 Å². The molecule has 0 aliphatic heterocycles. The summed E-state index contributed by atoms with van der Waals surface area (Å²) in [6.07, 6.45) is -0.0574. The van der Waals surface area contributed by atoms with Crippen LogP contribution in [-0.4, -0.2) is 29.3 Å². The van der Waals surface area contributed by atoms with E-state index < -0.39 is 5.97 Å². The number of carboxylic acid groups (broad SMARTS) is 1. The third kappa shape index (κ3) is 5.31. The molecule has 1 heterocycles. The van der Waals surface area contributed by atoms with Crippen molar-refractivity contribution in [3.8, 4) is 22.1 Å². The molecule has 5 nitrogen and oxygen atoms in total. The zero-order chi connectivity index (χ0) is 19.2. The van der Waals surface area contributed by atoms with Gasteiger partial charge in [-0.1, -0.05) is 12.1 Å². The summed E-state index contributed by atoms with van der Waals surface area (Å²) in [5.41, 5.74) is 3.79. The van der Waals surface area contributed by atoms with E-state index in [4.69, 9.17) is 14.6 Å². The number of aryl methyl sites for hydroxylation is 2. The van der Waals surface area contributed by atoms with Crippen molar-refractivity contribution in [3.63, 3.8) is 0 Å². The smallest absolute Gasteiger partial charge is 0.309 e. The minimum atomic E-state index is -0.876. The Labute approximate surface area is 162 Å². The van der Waals surface area contributed by atoms with Crippen LogP contribution >= 0.6 is 11.3 Å². The summed E-state index contributed by atoms with van der Waals surface area (Å²) in [5.74, 6) is 0.763. The Balaban J connectivity index is 1.51. The monoisotopic (exact) mass is 383 g/mol. The molecule has 0 atom stereocenters. The number of thiazole rings is 1. The molecule has 0 amide bonds. The number of benzene rings is 2. The number of ether oxygens (including phenoxy) is 2. The number of rotatable bonds is 8. The van der Waals surface area contributed by atoms with Gasteiger partial charge in [-0.25, -0.2) is 4.98 Å². The molecule has 1 aromatic heterocycles. The van der Waals surface area contributed by atoms with E-state index in [2.05, 4.69) is 11.1 Å². The predicted octanol–water partition coefficient (Wildman–Crippen LogP) is 4.51. The van der Waals surface area contributed by atoms with Crippen LogP contribution in [0.1, 0.15) is 16.8 Å². The maximum Gasteiger partial charge on any atom is 0.309 e. The van der Waals surface area contributed by atoms with Gasteiger partial charge >= 0.3 is 5.97 Å². The van der Waals surface area contributed by atoms with Crippen molar-refractivity contribution in [1.29, 1.82) is 0 Å². The van der Waals surface area contributed by atoms with E-state index in [1.54, 1.807) is 5.38 Å². The van der Waals surface area contributed by atoms with Gasteiger partial charge in [0.05, 0.1) is 12.1 Å². The Bertz CT molecular complexity index is 918. The zero-order valence-corrected chi connectivity index (χ0v) is 16.1. The molecular formula is C21H21NO4S. The largest absolute Gasteiger partial charge is 0.490 e. The van der Waals surface area contributed by atoms with Crippen LogP contribution in [0.5, 0.6) is 11.5 Å². The Kier molecular flexibility index (Phi) is 6.08. The summed E-state index contributed by atoms with van der Waals surface area (Å²) in [7, 11) is 0. The van der Waals surface area contributed by atoms with Gasteiger partial charge in [0, 0.05) is 10.9 Å². The number of carboxylic acids is 1. The van der Waals surface area contributed by atoms with Gasteiger partial charge in [-0.2, -0.15) is 0 Å². The van der Waals surface area contributed by atoms with Gasteiger partial charge in [0.2, 0.25) is 0 Å². The number of nitrogens with zero attached hydrogens (tertiary/aromatic N) is 1. The molecule has 0 spiro atoms. The molecule has 2 aromatic carbocycles. The molecule has 0 aliphatic rings. The first-order valence-corrected chi connectivity index (χ1v) is 9.49. The first kappa shape index (κ1) is 18.9. The lowest BCUT2D eigenvalue weighted by atomic mass is 10.1. The van der Waals surface area contributed by atoms with E-state index in [0.29, 0.717) is 18.9 Å². The fraction of sp³-hybridized carbons (Fsp3) is 0.238. The highest BCUT2D eigenvalue weighted by atomic mass is 32.1. The number of hydrogen-bond acceptors (Lipinski definition) is 5. The van der Waals surface area contributed by atoms with Gasteiger partial charge in [0.1, 0.15) is 29.7 Å². The van der Waals surface area contributed by atoms with Crippen LogP contribution in [-0.2, 0) is 11.2 Å². The maximum atomic E-state index is 10.7. The molecule has 27 heavy (non-hydrogen) atoms. The van der Waals surface area contributed by atoms with Crippen molar-refractivity contribution >= 4 is 17.3 Å². The summed E-state index contributed by atoms with van der Waals surface area (Å²) in [6.45, 7) is 4.98. The lowest BCUT2D eigenvalue weighted by Gasteiger charge is -2.11.